The van der Waals surface area contributed by atoms with E-state index in [1.165, 1.54) is 32.1 Å². The van der Waals surface area contributed by atoms with Gasteiger partial charge in [-0.25, -0.2) is 10.4 Å². The summed E-state index contributed by atoms with van der Waals surface area (Å²) in [7, 11) is 0. The fourth-order valence-electron chi connectivity index (χ4n) is 4.40. The molecule has 0 unspecified atom stereocenters. The fraction of sp³-hybridized carbons (Fsp3) is 0.471. The van der Waals surface area contributed by atoms with Crippen LogP contribution in [-0.4, -0.2) is 11.5 Å². The summed E-state index contributed by atoms with van der Waals surface area (Å²) in [4.78, 5) is 5.08. The molecule has 1 aromatic carbocycles. The van der Waals surface area contributed by atoms with Crippen molar-refractivity contribution in [3.63, 3.8) is 0 Å². The van der Waals surface area contributed by atoms with Gasteiger partial charge in [-0.15, -0.1) is 0 Å². The van der Waals surface area contributed by atoms with Gasteiger partial charge in [0.05, 0.1) is 6.26 Å². The number of hydrogen-bond acceptors (Lipinski definition) is 4. The number of aliphatic imine (C=N–C) groups is 1. The Labute approximate surface area is 123 Å². The Morgan fingerprint density at radius 3 is 2.86 bits per heavy atom. The Morgan fingerprint density at radius 2 is 2.05 bits per heavy atom. The number of benzene rings is 1. The van der Waals surface area contributed by atoms with Crippen molar-refractivity contribution >= 4 is 16.8 Å². The highest BCUT2D eigenvalue weighted by Crippen LogP contribution is 2.48. The Hall–Kier alpha value is -1.81. The molecule has 1 atom stereocenters. The van der Waals surface area contributed by atoms with Gasteiger partial charge in [-0.05, 0) is 56.1 Å². The number of hydrogen-bond donors (Lipinski definition) is 2. The standard InChI is InChI=1S/C17H19N3O/c1-5-14-6-2-11(1)10-17(14)18-16(19-20-17)13-4-3-12-7-8-21-15(12)9-13/h3-4,7-9,11,14,20H,1-2,5-6,10H2,(H,18,19)/t11?,14?,17-/m1/s1. The van der Waals surface area contributed by atoms with Crippen LogP contribution in [0.2, 0.25) is 0 Å². The molecule has 0 radical (unpaired) electrons. The number of nitrogens with zero attached hydrogens (tertiary/aromatic N) is 1. The number of fused-ring (bicyclic) bond motifs is 3. The molecule has 3 fully saturated rings. The van der Waals surface area contributed by atoms with Crippen molar-refractivity contribution in [2.75, 3.05) is 0 Å². The average molecular weight is 281 g/mol. The van der Waals surface area contributed by atoms with Gasteiger partial charge < -0.3 is 9.84 Å². The summed E-state index contributed by atoms with van der Waals surface area (Å²) < 4.78 is 5.50. The van der Waals surface area contributed by atoms with Gasteiger partial charge in [0.2, 0.25) is 0 Å². The lowest BCUT2D eigenvalue weighted by molar-refractivity contribution is 0.0506. The number of furan rings is 1. The van der Waals surface area contributed by atoms with Crippen LogP contribution in [0.1, 0.15) is 37.7 Å². The van der Waals surface area contributed by atoms with Crippen molar-refractivity contribution in [3.8, 4) is 0 Å². The molecule has 2 bridgehead atoms. The van der Waals surface area contributed by atoms with Crippen molar-refractivity contribution in [1.82, 2.24) is 10.9 Å². The van der Waals surface area contributed by atoms with Gasteiger partial charge >= 0.3 is 0 Å². The largest absolute Gasteiger partial charge is 0.464 e. The maximum absolute atomic E-state index is 5.50. The van der Waals surface area contributed by atoms with Crippen molar-refractivity contribution in [2.45, 2.75) is 37.8 Å². The second-order valence-electron chi connectivity index (χ2n) is 6.73. The first-order chi connectivity index (χ1) is 10.3. The molecule has 4 nitrogen and oxygen atoms in total. The van der Waals surface area contributed by atoms with Crippen molar-refractivity contribution < 1.29 is 4.42 Å². The lowest BCUT2D eigenvalue weighted by Crippen LogP contribution is -2.56. The first-order valence-corrected chi connectivity index (χ1v) is 7.93. The molecule has 4 heteroatoms. The van der Waals surface area contributed by atoms with E-state index >= 15 is 0 Å². The van der Waals surface area contributed by atoms with E-state index in [1.807, 2.05) is 6.07 Å². The van der Waals surface area contributed by atoms with Gasteiger partial charge in [-0.2, -0.15) is 0 Å². The van der Waals surface area contributed by atoms with Crippen molar-refractivity contribution in [2.24, 2.45) is 16.8 Å². The van der Waals surface area contributed by atoms with Crippen LogP contribution < -0.4 is 10.9 Å². The highest BCUT2D eigenvalue weighted by atomic mass is 16.3. The van der Waals surface area contributed by atoms with Gasteiger partial charge in [-0.1, -0.05) is 12.1 Å². The molecule has 2 aromatic rings. The highest BCUT2D eigenvalue weighted by molar-refractivity contribution is 6.02. The Kier molecular flexibility index (Phi) is 2.31. The van der Waals surface area contributed by atoms with Crippen molar-refractivity contribution in [1.29, 1.82) is 0 Å². The molecule has 2 heterocycles. The van der Waals surface area contributed by atoms with E-state index in [0.29, 0.717) is 5.92 Å². The smallest absolute Gasteiger partial charge is 0.144 e. The first kappa shape index (κ1) is 11.8. The lowest BCUT2D eigenvalue weighted by Gasteiger charge is -2.47. The molecule has 0 saturated heterocycles. The summed E-state index contributed by atoms with van der Waals surface area (Å²) in [6, 6.07) is 8.27. The number of rotatable bonds is 1. The lowest BCUT2D eigenvalue weighted by atomic mass is 9.65. The first-order valence-electron chi connectivity index (χ1n) is 7.93. The maximum Gasteiger partial charge on any atom is 0.144 e. The Bertz CT molecular complexity index is 726. The van der Waals surface area contributed by atoms with Gasteiger partial charge in [0, 0.05) is 10.9 Å². The van der Waals surface area contributed by atoms with Crippen LogP contribution >= 0.6 is 0 Å². The highest BCUT2D eigenvalue weighted by Gasteiger charge is 2.49. The van der Waals surface area contributed by atoms with Crippen LogP contribution in [0, 0.1) is 11.8 Å². The summed E-state index contributed by atoms with van der Waals surface area (Å²) >= 11 is 0. The third-order valence-electron chi connectivity index (χ3n) is 5.56. The van der Waals surface area contributed by atoms with E-state index in [2.05, 4.69) is 29.1 Å². The van der Waals surface area contributed by atoms with E-state index in [9.17, 15) is 0 Å². The van der Waals surface area contributed by atoms with Gasteiger partial charge in [0.15, 0.2) is 0 Å². The van der Waals surface area contributed by atoms with Crippen LogP contribution in [0.15, 0.2) is 39.9 Å². The molecule has 1 spiro atoms. The molecule has 4 aliphatic rings. The molecule has 1 aromatic heterocycles. The minimum atomic E-state index is -0.0609. The molecule has 1 aliphatic heterocycles. The minimum Gasteiger partial charge on any atom is -0.464 e. The van der Waals surface area contributed by atoms with Crippen LogP contribution in [-0.2, 0) is 0 Å². The Balaban J connectivity index is 1.53. The second-order valence-corrected chi connectivity index (χ2v) is 6.73. The normalized spacial score (nSPS) is 34.4. The minimum absolute atomic E-state index is 0.0609. The molecule has 108 valence electrons. The fourth-order valence-corrected chi connectivity index (χ4v) is 4.40. The number of amidine groups is 1. The molecule has 3 saturated carbocycles. The van der Waals surface area contributed by atoms with E-state index < -0.39 is 0 Å². The molecule has 6 rings (SSSR count). The molecule has 21 heavy (non-hydrogen) atoms. The molecular weight excluding hydrogens is 262 g/mol. The summed E-state index contributed by atoms with van der Waals surface area (Å²) in [5.41, 5.74) is 8.80. The quantitative estimate of drug-likeness (QED) is 0.844. The zero-order chi connectivity index (χ0) is 13.9. The molecule has 2 N–H and O–H groups in total. The predicted octanol–water partition coefficient (Wildman–Crippen LogP) is 3.19. The summed E-state index contributed by atoms with van der Waals surface area (Å²) in [5, 5.41) is 1.14. The monoisotopic (exact) mass is 281 g/mol. The zero-order valence-corrected chi connectivity index (χ0v) is 11.9. The number of nitrogens with one attached hydrogen (secondary N) is 2. The zero-order valence-electron chi connectivity index (χ0n) is 11.9. The second kappa shape index (κ2) is 4.10. The Morgan fingerprint density at radius 1 is 1.14 bits per heavy atom. The van der Waals surface area contributed by atoms with E-state index in [0.717, 1.165) is 28.3 Å². The van der Waals surface area contributed by atoms with E-state index in [-0.39, 0.29) is 5.66 Å². The van der Waals surface area contributed by atoms with E-state index in [4.69, 9.17) is 9.41 Å². The van der Waals surface area contributed by atoms with Crippen LogP contribution in [0.25, 0.3) is 11.0 Å². The summed E-state index contributed by atoms with van der Waals surface area (Å²) in [6.45, 7) is 0. The maximum atomic E-state index is 5.50. The number of hydrazine groups is 1. The van der Waals surface area contributed by atoms with Crippen LogP contribution in [0.4, 0.5) is 0 Å². The predicted molar refractivity (Wildman–Crippen MR) is 81.8 cm³/mol. The third-order valence-corrected chi connectivity index (χ3v) is 5.56. The van der Waals surface area contributed by atoms with Gasteiger partial charge in [-0.3, -0.25) is 0 Å². The van der Waals surface area contributed by atoms with Crippen LogP contribution in [0.5, 0.6) is 0 Å². The van der Waals surface area contributed by atoms with E-state index in [1.54, 1.807) is 6.26 Å². The molecule has 3 aliphatic carbocycles. The van der Waals surface area contributed by atoms with Crippen molar-refractivity contribution in [3.05, 3.63) is 36.1 Å². The topological polar surface area (TPSA) is 49.6 Å². The van der Waals surface area contributed by atoms with Crippen LogP contribution in [0.3, 0.4) is 0 Å². The average Bonchev–Trinajstić information content (AvgIpc) is 3.15. The molecule has 0 amide bonds. The SMILES string of the molecule is c1cc2ccc(C3=N[C@]4(CC5CCC4CC5)NN3)cc2o1. The summed E-state index contributed by atoms with van der Waals surface area (Å²) in [5.74, 6) is 2.49. The van der Waals surface area contributed by atoms with Gasteiger partial charge in [0.25, 0.3) is 0 Å². The molecular formula is C17H19N3O. The third kappa shape index (κ3) is 1.69. The van der Waals surface area contributed by atoms with Gasteiger partial charge in [0.1, 0.15) is 17.1 Å². The summed E-state index contributed by atoms with van der Waals surface area (Å²) in [6.07, 6.45) is 8.31.